The Morgan fingerprint density at radius 1 is 0.950 bits per heavy atom. The van der Waals surface area contributed by atoms with Crippen LogP contribution in [0.15, 0.2) is 91.1 Å². The van der Waals surface area contributed by atoms with E-state index in [0.29, 0.717) is 22.7 Å². The molecule has 3 aromatic carbocycles. The third kappa shape index (κ3) is 6.15. The molecule has 0 radical (unpaired) electrons. The molecule has 0 spiro atoms. The molecular weight excluding hydrogens is 521 g/mol. The molecule has 1 amide bonds. The normalized spacial score (nSPS) is 11.0. The van der Waals surface area contributed by atoms with Gasteiger partial charge in [-0.15, -0.1) is 11.3 Å². The number of aromatic nitrogens is 2. The number of nitrogens with zero attached hydrogens (tertiary/aromatic N) is 2. The number of aryl methyl sites for hydroxylation is 1. The van der Waals surface area contributed by atoms with E-state index in [9.17, 15) is 9.18 Å². The van der Waals surface area contributed by atoms with Crippen LogP contribution in [-0.4, -0.2) is 22.3 Å². The summed E-state index contributed by atoms with van der Waals surface area (Å²) in [6.07, 6.45) is 4.56. The summed E-state index contributed by atoms with van der Waals surface area (Å²) in [6, 6.07) is 26.7. The molecule has 7 heteroatoms. The molecule has 5 aromatic rings. The highest BCUT2D eigenvalue weighted by Gasteiger charge is 2.18. The molecule has 5 nitrogen and oxygen atoms in total. The molecule has 0 saturated heterocycles. The monoisotopic (exact) mass is 553 g/mol. The second-order valence-corrected chi connectivity index (χ2v) is 10.5. The first-order valence-corrected chi connectivity index (χ1v) is 14.4. The second-order valence-electron chi connectivity index (χ2n) is 9.50. The standard InChI is InChI=1S/C33H32FN3O2S/c1-3-5-18-39-29-17-16-25(19-28(29)34)31-26(22-37(36-31)27-14-10-7-11-15-27)21-35-33(38)30-20-23(4-2)32(40-30)24-12-8-6-9-13-24/h6-17,19-20,22H,3-5,18,21H2,1-2H3,(H,35,38). The van der Waals surface area contributed by atoms with Crippen LogP contribution >= 0.6 is 11.3 Å². The fourth-order valence-electron chi connectivity index (χ4n) is 4.49. The lowest BCUT2D eigenvalue weighted by Crippen LogP contribution is -2.21. The topological polar surface area (TPSA) is 56.1 Å². The summed E-state index contributed by atoms with van der Waals surface area (Å²) in [7, 11) is 0. The van der Waals surface area contributed by atoms with Crippen molar-refractivity contribution in [3.63, 3.8) is 0 Å². The van der Waals surface area contributed by atoms with Crippen LogP contribution < -0.4 is 10.1 Å². The van der Waals surface area contributed by atoms with Crippen LogP contribution in [0, 0.1) is 5.82 Å². The van der Waals surface area contributed by atoms with Crippen LogP contribution in [0.4, 0.5) is 4.39 Å². The van der Waals surface area contributed by atoms with Crippen molar-refractivity contribution in [3.8, 4) is 33.1 Å². The Labute approximate surface area is 238 Å². The molecule has 40 heavy (non-hydrogen) atoms. The van der Waals surface area contributed by atoms with Crippen LogP contribution in [0.5, 0.6) is 5.75 Å². The lowest BCUT2D eigenvalue weighted by atomic mass is 10.1. The van der Waals surface area contributed by atoms with E-state index in [0.717, 1.165) is 46.5 Å². The van der Waals surface area contributed by atoms with Crippen LogP contribution in [0.25, 0.3) is 27.4 Å². The summed E-state index contributed by atoms with van der Waals surface area (Å²) in [4.78, 5) is 15.0. The third-order valence-corrected chi connectivity index (χ3v) is 7.89. The number of carbonyl (C=O) groups excluding carboxylic acids is 1. The van der Waals surface area contributed by atoms with Gasteiger partial charge in [0.25, 0.3) is 5.91 Å². The minimum Gasteiger partial charge on any atom is -0.491 e. The van der Waals surface area contributed by atoms with Gasteiger partial charge < -0.3 is 10.1 Å². The van der Waals surface area contributed by atoms with E-state index in [1.165, 1.54) is 17.4 Å². The number of rotatable bonds is 11. The minimum absolute atomic E-state index is 0.147. The zero-order chi connectivity index (χ0) is 27.9. The Balaban J connectivity index is 1.41. The quantitative estimate of drug-likeness (QED) is 0.168. The fourth-order valence-corrected chi connectivity index (χ4v) is 5.66. The van der Waals surface area contributed by atoms with Crippen molar-refractivity contribution in [1.82, 2.24) is 15.1 Å². The molecule has 0 unspecified atom stereocenters. The second kappa shape index (κ2) is 12.7. The zero-order valence-electron chi connectivity index (χ0n) is 22.7. The number of carbonyl (C=O) groups is 1. The lowest BCUT2D eigenvalue weighted by Gasteiger charge is -2.09. The molecular formula is C33H32FN3O2S. The number of thiophene rings is 1. The maximum Gasteiger partial charge on any atom is 0.261 e. The van der Waals surface area contributed by atoms with E-state index < -0.39 is 5.82 Å². The van der Waals surface area contributed by atoms with Gasteiger partial charge >= 0.3 is 0 Å². The molecule has 2 aromatic heterocycles. The predicted octanol–water partition coefficient (Wildman–Crippen LogP) is 8.08. The van der Waals surface area contributed by atoms with E-state index in [1.807, 2.05) is 66.9 Å². The van der Waals surface area contributed by atoms with Gasteiger partial charge in [0, 0.05) is 28.7 Å². The van der Waals surface area contributed by atoms with Crippen molar-refractivity contribution in [2.24, 2.45) is 0 Å². The summed E-state index contributed by atoms with van der Waals surface area (Å²) in [5.41, 5.74) is 5.14. The Kier molecular flexibility index (Phi) is 8.71. The number of halogens is 1. The molecule has 0 aliphatic rings. The minimum atomic E-state index is -0.433. The first kappa shape index (κ1) is 27.3. The van der Waals surface area contributed by atoms with Gasteiger partial charge in [-0.1, -0.05) is 68.8 Å². The summed E-state index contributed by atoms with van der Waals surface area (Å²) >= 11 is 1.50. The number of para-hydroxylation sites is 1. The van der Waals surface area contributed by atoms with Crippen LogP contribution in [0.2, 0.25) is 0 Å². The molecule has 5 rings (SSSR count). The smallest absolute Gasteiger partial charge is 0.261 e. The average Bonchev–Trinajstić information content (AvgIpc) is 3.63. The van der Waals surface area contributed by atoms with E-state index in [-0.39, 0.29) is 18.2 Å². The molecule has 1 N–H and O–H groups in total. The van der Waals surface area contributed by atoms with Gasteiger partial charge in [0.15, 0.2) is 11.6 Å². The van der Waals surface area contributed by atoms with Crippen LogP contribution in [0.3, 0.4) is 0 Å². The van der Waals surface area contributed by atoms with Crippen molar-refractivity contribution in [2.45, 2.75) is 39.7 Å². The Morgan fingerprint density at radius 2 is 1.70 bits per heavy atom. The summed E-state index contributed by atoms with van der Waals surface area (Å²) < 4.78 is 22.3. The number of ether oxygens (including phenoxy) is 1. The summed E-state index contributed by atoms with van der Waals surface area (Å²) in [6.45, 7) is 4.88. The molecule has 2 heterocycles. The summed E-state index contributed by atoms with van der Waals surface area (Å²) in [5, 5.41) is 7.85. The van der Waals surface area contributed by atoms with Gasteiger partial charge in [0.2, 0.25) is 0 Å². The van der Waals surface area contributed by atoms with E-state index in [1.54, 1.807) is 10.7 Å². The van der Waals surface area contributed by atoms with E-state index in [4.69, 9.17) is 9.84 Å². The molecule has 0 aliphatic heterocycles. The Hall–Kier alpha value is -4.23. The average molecular weight is 554 g/mol. The molecule has 204 valence electrons. The molecule has 0 saturated carbocycles. The SMILES string of the molecule is CCCCOc1ccc(-c2nn(-c3ccccc3)cc2CNC(=O)c2cc(CC)c(-c3ccccc3)s2)cc1F. The van der Waals surface area contributed by atoms with Crippen molar-refractivity contribution >= 4 is 17.2 Å². The van der Waals surface area contributed by atoms with Crippen LogP contribution in [-0.2, 0) is 13.0 Å². The van der Waals surface area contributed by atoms with E-state index >= 15 is 0 Å². The molecule has 0 aliphatic carbocycles. The van der Waals surface area contributed by atoms with Gasteiger partial charge in [0.05, 0.1) is 22.9 Å². The van der Waals surface area contributed by atoms with Crippen LogP contribution in [0.1, 0.15) is 47.5 Å². The highest BCUT2D eigenvalue weighted by atomic mass is 32.1. The number of nitrogens with one attached hydrogen (secondary N) is 1. The van der Waals surface area contributed by atoms with Gasteiger partial charge in [-0.05, 0) is 60.4 Å². The van der Waals surface area contributed by atoms with Gasteiger partial charge in [-0.2, -0.15) is 5.10 Å². The van der Waals surface area contributed by atoms with Gasteiger partial charge in [0.1, 0.15) is 0 Å². The maximum atomic E-state index is 14.9. The maximum absolute atomic E-state index is 14.9. The Morgan fingerprint density at radius 3 is 2.40 bits per heavy atom. The van der Waals surface area contributed by atoms with Gasteiger partial charge in [-0.3, -0.25) is 4.79 Å². The van der Waals surface area contributed by atoms with Crippen molar-refractivity contribution in [1.29, 1.82) is 0 Å². The molecule has 0 bridgehead atoms. The summed E-state index contributed by atoms with van der Waals surface area (Å²) in [5.74, 6) is -0.351. The van der Waals surface area contributed by atoms with E-state index in [2.05, 4.69) is 31.3 Å². The Bertz CT molecular complexity index is 1580. The lowest BCUT2D eigenvalue weighted by molar-refractivity contribution is 0.0955. The molecule has 0 atom stereocenters. The number of unbranched alkanes of at least 4 members (excludes halogenated alkanes) is 1. The highest BCUT2D eigenvalue weighted by Crippen LogP contribution is 2.33. The van der Waals surface area contributed by atoms with Gasteiger partial charge in [-0.25, -0.2) is 9.07 Å². The number of benzene rings is 3. The number of hydrogen-bond donors (Lipinski definition) is 1. The number of amides is 1. The third-order valence-electron chi connectivity index (χ3n) is 6.66. The number of hydrogen-bond acceptors (Lipinski definition) is 4. The predicted molar refractivity (Wildman–Crippen MR) is 160 cm³/mol. The van der Waals surface area contributed by atoms with Crippen molar-refractivity contribution in [2.75, 3.05) is 6.61 Å². The van der Waals surface area contributed by atoms with Crippen molar-refractivity contribution in [3.05, 3.63) is 113 Å². The first-order chi connectivity index (χ1) is 19.6. The molecule has 0 fully saturated rings. The largest absolute Gasteiger partial charge is 0.491 e. The first-order valence-electron chi connectivity index (χ1n) is 13.6. The highest BCUT2D eigenvalue weighted by molar-refractivity contribution is 7.17. The fraction of sp³-hybridized carbons (Fsp3) is 0.212. The zero-order valence-corrected chi connectivity index (χ0v) is 23.5. The van der Waals surface area contributed by atoms with Crippen molar-refractivity contribution < 1.29 is 13.9 Å².